The molecule has 0 aliphatic carbocycles. The zero-order valence-electron chi connectivity index (χ0n) is 11.5. The monoisotopic (exact) mass is 278 g/mol. The number of alkyl halides is 3. The van der Waals surface area contributed by atoms with E-state index in [1.165, 1.54) is 0 Å². The fourth-order valence-corrected chi connectivity index (χ4v) is 2.41. The molecular weight excluding hydrogens is 261 g/mol. The molecule has 3 heteroatoms. The van der Waals surface area contributed by atoms with Gasteiger partial charge in [0.2, 0.25) is 0 Å². The van der Waals surface area contributed by atoms with Crippen LogP contribution in [0.25, 0.3) is 0 Å². The molecule has 2 rings (SSSR count). The fraction of sp³-hybridized carbons (Fsp3) is 0.294. The molecule has 0 radical (unpaired) electrons. The van der Waals surface area contributed by atoms with E-state index in [0.717, 1.165) is 29.7 Å². The van der Waals surface area contributed by atoms with E-state index in [9.17, 15) is 13.2 Å². The normalized spacial score (nSPS) is 14.8. The maximum absolute atomic E-state index is 12.6. The first-order valence-electron chi connectivity index (χ1n) is 6.61. The number of hydrogen-bond donors (Lipinski definition) is 0. The van der Waals surface area contributed by atoms with Crippen LogP contribution in [-0.4, -0.2) is 0 Å². The molecule has 0 aliphatic rings. The number of hydrogen-bond acceptors (Lipinski definition) is 0. The Morgan fingerprint density at radius 1 is 0.750 bits per heavy atom. The summed E-state index contributed by atoms with van der Waals surface area (Å²) < 4.78 is 37.9. The van der Waals surface area contributed by atoms with E-state index in [1.54, 1.807) is 12.1 Å². The number of benzene rings is 2. The lowest BCUT2D eigenvalue weighted by atomic mass is 9.74. The van der Waals surface area contributed by atoms with Crippen LogP contribution < -0.4 is 0 Å². The van der Waals surface area contributed by atoms with Crippen molar-refractivity contribution in [2.24, 2.45) is 0 Å². The molecule has 0 fully saturated rings. The Balaban J connectivity index is 2.43. The van der Waals surface area contributed by atoms with E-state index in [2.05, 4.69) is 6.92 Å². The largest absolute Gasteiger partial charge is 0.416 e. The Morgan fingerprint density at radius 2 is 1.20 bits per heavy atom. The molecule has 0 saturated carbocycles. The minimum absolute atomic E-state index is 0.272. The first-order valence-corrected chi connectivity index (χ1v) is 6.61. The van der Waals surface area contributed by atoms with Gasteiger partial charge in [0.15, 0.2) is 0 Å². The summed E-state index contributed by atoms with van der Waals surface area (Å²) in [6.45, 7) is 4.11. The first-order chi connectivity index (χ1) is 9.38. The third-order valence-corrected chi connectivity index (χ3v) is 3.97. The van der Waals surface area contributed by atoms with E-state index < -0.39 is 11.7 Å². The van der Waals surface area contributed by atoms with Crippen molar-refractivity contribution in [3.8, 4) is 0 Å². The zero-order chi connectivity index (χ0) is 14.8. The van der Waals surface area contributed by atoms with Crippen LogP contribution in [0, 0.1) is 0 Å². The first kappa shape index (κ1) is 14.6. The van der Waals surface area contributed by atoms with Crippen molar-refractivity contribution in [2.75, 3.05) is 0 Å². The Labute approximate surface area is 117 Å². The maximum atomic E-state index is 12.6. The van der Waals surface area contributed by atoms with Crippen molar-refractivity contribution in [3.05, 3.63) is 71.3 Å². The average Bonchev–Trinajstić information content (AvgIpc) is 2.46. The summed E-state index contributed by atoms with van der Waals surface area (Å²) in [4.78, 5) is 0. The van der Waals surface area contributed by atoms with Gasteiger partial charge in [-0.3, -0.25) is 0 Å². The quantitative estimate of drug-likeness (QED) is 0.703. The predicted octanol–water partition coefficient (Wildman–Crippen LogP) is 5.42. The van der Waals surface area contributed by atoms with Crippen molar-refractivity contribution in [2.45, 2.75) is 31.9 Å². The Morgan fingerprint density at radius 3 is 1.65 bits per heavy atom. The van der Waals surface area contributed by atoms with Crippen LogP contribution in [0.2, 0.25) is 0 Å². The standard InChI is InChI=1S/C17H17F3/c1-3-16(2,13-7-5-4-6-8-13)14-9-11-15(12-10-14)17(18,19)20/h4-12H,3H2,1-2H3. The van der Waals surface area contributed by atoms with E-state index in [4.69, 9.17) is 0 Å². The average molecular weight is 278 g/mol. The Hall–Kier alpha value is -1.77. The summed E-state index contributed by atoms with van der Waals surface area (Å²) in [5, 5.41) is 0. The lowest BCUT2D eigenvalue weighted by molar-refractivity contribution is -0.137. The van der Waals surface area contributed by atoms with Crippen LogP contribution in [0.15, 0.2) is 54.6 Å². The molecule has 0 aromatic heterocycles. The Bertz CT molecular complexity index is 555. The summed E-state index contributed by atoms with van der Waals surface area (Å²) >= 11 is 0. The van der Waals surface area contributed by atoms with E-state index in [0.29, 0.717) is 0 Å². The molecule has 20 heavy (non-hydrogen) atoms. The van der Waals surface area contributed by atoms with Gasteiger partial charge in [-0.2, -0.15) is 13.2 Å². The molecule has 0 spiro atoms. The van der Waals surface area contributed by atoms with Gasteiger partial charge < -0.3 is 0 Å². The van der Waals surface area contributed by atoms with Gasteiger partial charge in [-0.25, -0.2) is 0 Å². The summed E-state index contributed by atoms with van der Waals surface area (Å²) in [6, 6.07) is 15.4. The van der Waals surface area contributed by atoms with Crippen molar-refractivity contribution in [1.29, 1.82) is 0 Å². The highest BCUT2D eigenvalue weighted by Gasteiger charge is 2.32. The maximum Gasteiger partial charge on any atom is 0.416 e. The van der Waals surface area contributed by atoms with Crippen LogP contribution in [0.4, 0.5) is 13.2 Å². The summed E-state index contributed by atoms with van der Waals surface area (Å²) in [5.41, 5.74) is 1.14. The van der Waals surface area contributed by atoms with E-state index in [-0.39, 0.29) is 5.41 Å². The molecule has 1 unspecified atom stereocenters. The van der Waals surface area contributed by atoms with E-state index in [1.807, 2.05) is 37.3 Å². The topological polar surface area (TPSA) is 0 Å². The fourth-order valence-electron chi connectivity index (χ4n) is 2.41. The second-order valence-corrected chi connectivity index (χ2v) is 5.13. The Kier molecular flexibility index (Phi) is 3.89. The molecule has 0 nitrogen and oxygen atoms in total. The highest BCUT2D eigenvalue weighted by molar-refractivity contribution is 5.39. The highest BCUT2D eigenvalue weighted by atomic mass is 19.4. The molecule has 0 N–H and O–H groups in total. The molecule has 2 aromatic rings. The molecule has 0 amide bonds. The molecule has 106 valence electrons. The van der Waals surface area contributed by atoms with Crippen LogP contribution in [0.3, 0.4) is 0 Å². The third-order valence-electron chi connectivity index (χ3n) is 3.97. The number of halogens is 3. The van der Waals surface area contributed by atoms with Crippen LogP contribution in [-0.2, 0) is 11.6 Å². The van der Waals surface area contributed by atoms with Gasteiger partial charge in [0.25, 0.3) is 0 Å². The van der Waals surface area contributed by atoms with Crippen LogP contribution >= 0.6 is 0 Å². The van der Waals surface area contributed by atoms with Gasteiger partial charge in [-0.1, -0.05) is 56.3 Å². The minimum atomic E-state index is -4.28. The summed E-state index contributed by atoms with van der Waals surface area (Å²) in [7, 11) is 0. The van der Waals surface area contributed by atoms with Crippen molar-refractivity contribution >= 4 is 0 Å². The lowest BCUT2D eigenvalue weighted by Crippen LogP contribution is -2.22. The van der Waals surface area contributed by atoms with Gasteiger partial charge in [0, 0.05) is 5.41 Å². The molecule has 0 bridgehead atoms. The smallest absolute Gasteiger partial charge is 0.166 e. The molecular formula is C17H17F3. The zero-order valence-corrected chi connectivity index (χ0v) is 11.5. The van der Waals surface area contributed by atoms with Gasteiger partial charge in [0.1, 0.15) is 0 Å². The van der Waals surface area contributed by atoms with Gasteiger partial charge in [0.05, 0.1) is 5.56 Å². The number of rotatable bonds is 3. The molecule has 1 atom stereocenters. The molecule has 2 aromatic carbocycles. The van der Waals surface area contributed by atoms with Gasteiger partial charge in [-0.05, 0) is 29.7 Å². The summed E-state index contributed by atoms with van der Waals surface area (Å²) in [5.74, 6) is 0. The van der Waals surface area contributed by atoms with E-state index >= 15 is 0 Å². The summed E-state index contributed by atoms with van der Waals surface area (Å²) in [6.07, 6.45) is -3.46. The SMILES string of the molecule is CCC(C)(c1ccccc1)c1ccc(C(F)(F)F)cc1. The van der Waals surface area contributed by atoms with Crippen molar-refractivity contribution in [3.63, 3.8) is 0 Å². The molecule has 0 aliphatic heterocycles. The van der Waals surface area contributed by atoms with Crippen LogP contribution in [0.1, 0.15) is 37.0 Å². The van der Waals surface area contributed by atoms with Crippen molar-refractivity contribution < 1.29 is 13.2 Å². The minimum Gasteiger partial charge on any atom is -0.166 e. The molecule has 0 saturated heterocycles. The van der Waals surface area contributed by atoms with Gasteiger partial charge in [-0.15, -0.1) is 0 Å². The highest BCUT2D eigenvalue weighted by Crippen LogP contribution is 2.37. The predicted molar refractivity (Wildman–Crippen MR) is 74.6 cm³/mol. The third kappa shape index (κ3) is 2.72. The molecule has 0 heterocycles. The second-order valence-electron chi connectivity index (χ2n) is 5.13. The van der Waals surface area contributed by atoms with Crippen LogP contribution in [0.5, 0.6) is 0 Å². The second kappa shape index (κ2) is 5.31. The van der Waals surface area contributed by atoms with Gasteiger partial charge >= 0.3 is 6.18 Å². The van der Waals surface area contributed by atoms with Crippen molar-refractivity contribution in [1.82, 2.24) is 0 Å². The lowest BCUT2D eigenvalue weighted by Gasteiger charge is -2.30.